The minimum absolute atomic E-state index is 0.303. The van der Waals surface area contributed by atoms with Crippen molar-refractivity contribution >= 4 is 0 Å². The first-order valence-corrected chi connectivity index (χ1v) is 8.30. The second kappa shape index (κ2) is 6.07. The lowest BCUT2D eigenvalue weighted by Crippen LogP contribution is -2.60. The highest BCUT2D eigenvalue weighted by Crippen LogP contribution is 2.31. The van der Waals surface area contributed by atoms with Gasteiger partial charge in [-0.3, -0.25) is 14.5 Å². The summed E-state index contributed by atoms with van der Waals surface area (Å²) >= 11 is 0. The second-order valence-corrected chi connectivity index (χ2v) is 6.79. The molecule has 5 heteroatoms. The van der Waals surface area contributed by atoms with Crippen LogP contribution in [-0.4, -0.2) is 57.8 Å². The Morgan fingerprint density at radius 3 is 2.86 bits per heavy atom. The largest absolute Gasteiger partial charge is 0.329 e. The van der Waals surface area contributed by atoms with Crippen molar-refractivity contribution in [3.8, 4) is 0 Å². The molecule has 3 atom stereocenters. The molecule has 0 aromatic carbocycles. The van der Waals surface area contributed by atoms with Crippen LogP contribution in [0.2, 0.25) is 0 Å². The van der Waals surface area contributed by atoms with E-state index in [0.29, 0.717) is 18.6 Å². The van der Waals surface area contributed by atoms with Crippen LogP contribution < -0.4 is 5.73 Å². The van der Waals surface area contributed by atoms with E-state index in [9.17, 15) is 0 Å². The van der Waals surface area contributed by atoms with Crippen LogP contribution >= 0.6 is 0 Å². The van der Waals surface area contributed by atoms with Crippen molar-refractivity contribution in [3.63, 3.8) is 0 Å². The van der Waals surface area contributed by atoms with Gasteiger partial charge in [0.1, 0.15) is 0 Å². The summed E-state index contributed by atoms with van der Waals surface area (Å²) in [7, 11) is 1.99. The molecule has 3 unspecified atom stereocenters. The highest BCUT2D eigenvalue weighted by Gasteiger charge is 2.36. The van der Waals surface area contributed by atoms with Gasteiger partial charge >= 0.3 is 0 Å². The molecule has 1 aromatic heterocycles. The second-order valence-electron chi connectivity index (χ2n) is 6.79. The van der Waals surface area contributed by atoms with E-state index in [1.54, 1.807) is 0 Å². The first-order chi connectivity index (χ1) is 10.1. The zero-order chi connectivity index (χ0) is 15.0. The number of rotatable bonds is 3. The van der Waals surface area contributed by atoms with Crippen LogP contribution in [0.4, 0.5) is 0 Å². The fourth-order valence-corrected chi connectivity index (χ4v) is 4.20. The third-order valence-electron chi connectivity index (χ3n) is 5.27. The molecule has 5 nitrogen and oxygen atoms in total. The Hall–Kier alpha value is -0.910. The van der Waals surface area contributed by atoms with Crippen LogP contribution in [-0.2, 0) is 7.05 Å². The summed E-state index contributed by atoms with van der Waals surface area (Å²) in [5.41, 5.74) is 8.57. The zero-order valence-electron chi connectivity index (χ0n) is 13.6. The van der Waals surface area contributed by atoms with Gasteiger partial charge in [-0.15, -0.1) is 0 Å². The summed E-state index contributed by atoms with van der Waals surface area (Å²) in [6, 6.07) is 1.59. The summed E-state index contributed by atoms with van der Waals surface area (Å²) in [6.07, 6.45) is 6.23. The Balaban J connectivity index is 1.81. The van der Waals surface area contributed by atoms with E-state index >= 15 is 0 Å². The molecule has 2 saturated heterocycles. The van der Waals surface area contributed by atoms with Crippen molar-refractivity contribution in [2.75, 3.05) is 26.2 Å². The first kappa shape index (κ1) is 15.0. The number of hydrogen-bond acceptors (Lipinski definition) is 4. The van der Waals surface area contributed by atoms with Crippen molar-refractivity contribution in [2.45, 2.75) is 51.2 Å². The number of nitrogens with zero attached hydrogens (tertiary/aromatic N) is 4. The Bertz CT molecular complexity index is 483. The minimum atomic E-state index is 0.303. The monoisotopic (exact) mass is 291 g/mol. The average Bonchev–Trinajstić information content (AvgIpc) is 2.79. The van der Waals surface area contributed by atoms with Gasteiger partial charge in [-0.05, 0) is 33.2 Å². The molecule has 2 aliphatic rings. The van der Waals surface area contributed by atoms with Gasteiger partial charge in [0.25, 0.3) is 0 Å². The maximum absolute atomic E-state index is 6.15. The molecule has 0 saturated carbocycles. The van der Waals surface area contributed by atoms with Crippen molar-refractivity contribution < 1.29 is 0 Å². The maximum Gasteiger partial charge on any atom is 0.0641 e. The predicted molar refractivity (Wildman–Crippen MR) is 85.1 cm³/mol. The third kappa shape index (κ3) is 2.87. The minimum Gasteiger partial charge on any atom is -0.329 e. The van der Waals surface area contributed by atoms with Crippen molar-refractivity contribution in [1.82, 2.24) is 19.6 Å². The van der Waals surface area contributed by atoms with Gasteiger partial charge in [0.2, 0.25) is 0 Å². The summed E-state index contributed by atoms with van der Waals surface area (Å²) in [5, 5.41) is 4.51. The summed E-state index contributed by atoms with van der Waals surface area (Å²) < 4.78 is 1.91. The van der Waals surface area contributed by atoms with Crippen LogP contribution in [0.5, 0.6) is 0 Å². The van der Waals surface area contributed by atoms with E-state index in [1.807, 2.05) is 11.7 Å². The molecule has 118 valence electrons. The van der Waals surface area contributed by atoms with Crippen LogP contribution in [0, 0.1) is 6.92 Å². The topological polar surface area (TPSA) is 50.3 Å². The Kier molecular flexibility index (Phi) is 4.33. The van der Waals surface area contributed by atoms with Crippen molar-refractivity contribution in [1.29, 1.82) is 0 Å². The quantitative estimate of drug-likeness (QED) is 0.911. The number of hydrogen-bond donors (Lipinski definition) is 1. The molecule has 0 radical (unpaired) electrons. The highest BCUT2D eigenvalue weighted by molar-refractivity contribution is 5.21. The molecule has 2 N–H and O–H groups in total. The number of aryl methyl sites for hydroxylation is 2. The lowest BCUT2D eigenvalue weighted by atomic mass is 9.94. The van der Waals surface area contributed by atoms with Gasteiger partial charge in [0.05, 0.1) is 11.7 Å². The number of fused-ring (bicyclic) bond motifs is 1. The standard InChI is InChI=1S/C16H29N5/c1-12-9-20-7-5-4-6-14(20)10-21(12)16(8-17)15-11-19(3)18-13(15)2/h11-12,14,16H,4-10,17H2,1-3H3. The third-order valence-corrected chi connectivity index (χ3v) is 5.27. The van der Waals surface area contributed by atoms with Gasteiger partial charge in [-0.1, -0.05) is 6.42 Å². The normalized spacial score (nSPS) is 29.3. The van der Waals surface area contributed by atoms with Gasteiger partial charge in [0.15, 0.2) is 0 Å². The molecule has 2 aliphatic heterocycles. The van der Waals surface area contributed by atoms with Gasteiger partial charge in [-0.25, -0.2) is 0 Å². The number of nitrogens with two attached hydrogens (primary N) is 1. The smallest absolute Gasteiger partial charge is 0.0641 e. The van der Waals surface area contributed by atoms with E-state index in [-0.39, 0.29) is 0 Å². The molecular weight excluding hydrogens is 262 g/mol. The van der Waals surface area contributed by atoms with Crippen LogP contribution in [0.3, 0.4) is 0 Å². The molecule has 3 heterocycles. The Labute approximate surface area is 128 Å². The summed E-state index contributed by atoms with van der Waals surface area (Å²) in [6.45, 7) is 8.72. The summed E-state index contributed by atoms with van der Waals surface area (Å²) in [4.78, 5) is 5.31. The zero-order valence-corrected chi connectivity index (χ0v) is 13.6. The molecule has 0 aliphatic carbocycles. The number of piperidine rings is 1. The molecular formula is C16H29N5. The first-order valence-electron chi connectivity index (χ1n) is 8.30. The molecule has 0 spiro atoms. The van der Waals surface area contributed by atoms with Gasteiger partial charge in [-0.2, -0.15) is 5.10 Å². The molecule has 3 rings (SSSR count). The van der Waals surface area contributed by atoms with Gasteiger partial charge in [0, 0.05) is 50.5 Å². The van der Waals surface area contributed by atoms with Crippen LogP contribution in [0.15, 0.2) is 6.20 Å². The predicted octanol–water partition coefficient (Wildman–Crippen LogP) is 1.29. The Morgan fingerprint density at radius 1 is 1.38 bits per heavy atom. The van der Waals surface area contributed by atoms with E-state index in [0.717, 1.165) is 18.3 Å². The fourth-order valence-electron chi connectivity index (χ4n) is 4.20. The molecule has 2 fully saturated rings. The molecule has 21 heavy (non-hydrogen) atoms. The highest BCUT2D eigenvalue weighted by atomic mass is 15.3. The number of piperazine rings is 1. The van der Waals surface area contributed by atoms with Gasteiger partial charge < -0.3 is 5.73 Å². The Morgan fingerprint density at radius 2 is 2.19 bits per heavy atom. The van der Waals surface area contributed by atoms with Crippen molar-refractivity contribution in [2.24, 2.45) is 12.8 Å². The van der Waals surface area contributed by atoms with Crippen LogP contribution in [0.1, 0.15) is 43.5 Å². The molecule has 1 aromatic rings. The van der Waals surface area contributed by atoms with E-state index in [2.05, 4.69) is 34.9 Å². The maximum atomic E-state index is 6.15. The van der Waals surface area contributed by atoms with Crippen molar-refractivity contribution in [3.05, 3.63) is 17.5 Å². The lowest BCUT2D eigenvalue weighted by Gasteiger charge is -2.50. The molecule has 0 amide bonds. The SMILES string of the molecule is Cc1nn(C)cc1C(CN)N1CC2CCCCN2CC1C. The fraction of sp³-hybridized carbons (Fsp3) is 0.812. The average molecular weight is 291 g/mol. The lowest BCUT2D eigenvalue weighted by molar-refractivity contribution is -0.00679. The van der Waals surface area contributed by atoms with Crippen LogP contribution in [0.25, 0.3) is 0 Å². The molecule has 0 bridgehead atoms. The summed E-state index contributed by atoms with van der Waals surface area (Å²) in [5.74, 6) is 0. The van der Waals surface area contributed by atoms with E-state index < -0.39 is 0 Å². The number of aromatic nitrogens is 2. The van der Waals surface area contributed by atoms with E-state index in [1.165, 1.54) is 37.9 Å². The van der Waals surface area contributed by atoms with E-state index in [4.69, 9.17) is 5.73 Å².